The van der Waals surface area contributed by atoms with Gasteiger partial charge in [0.25, 0.3) is 5.91 Å². The number of phenols is 1. The van der Waals surface area contributed by atoms with Gasteiger partial charge in [-0.25, -0.2) is 10.2 Å². The van der Waals surface area contributed by atoms with Crippen molar-refractivity contribution in [2.45, 2.75) is 6.92 Å². The average Bonchev–Trinajstić information content (AvgIpc) is 2.71. The van der Waals surface area contributed by atoms with Crippen molar-refractivity contribution in [1.29, 1.82) is 0 Å². The summed E-state index contributed by atoms with van der Waals surface area (Å²) in [6.45, 7) is 1.57. The van der Waals surface area contributed by atoms with E-state index < -0.39 is 11.5 Å². The first-order valence-corrected chi connectivity index (χ1v) is 9.10. The highest BCUT2D eigenvalue weighted by atomic mass is 35.5. The predicted molar refractivity (Wildman–Crippen MR) is 113 cm³/mol. The number of hydrogen-bond donors (Lipinski definition) is 2. The molecular weight excluding hydrogens is 392 g/mol. The zero-order valence-electron chi connectivity index (χ0n) is 15.3. The van der Waals surface area contributed by atoms with Crippen molar-refractivity contribution < 1.29 is 14.3 Å². The van der Waals surface area contributed by atoms with Gasteiger partial charge in [0.05, 0.1) is 16.8 Å². The number of halogens is 1. The number of hydrazone groups is 1. The standard InChI is InChI=1S/C22H15ClN2O4/c1-12(17-10-15-8-16(23)6-7-20(15)29-22(17)28)24-25-21(27)18-9-13-4-2-3-5-14(13)11-19(18)26/h2-11,26H,1H3,(H,25,27). The number of carbonyl (C=O) groups excluding carboxylic acids is 1. The Balaban J connectivity index is 1.64. The predicted octanol–water partition coefficient (Wildman–Crippen LogP) is 4.46. The molecule has 144 valence electrons. The Bertz CT molecular complexity index is 1360. The van der Waals surface area contributed by atoms with E-state index >= 15 is 0 Å². The molecule has 0 atom stereocenters. The number of nitrogens with zero attached hydrogens (tertiary/aromatic N) is 1. The normalized spacial score (nSPS) is 11.7. The molecule has 4 aromatic rings. The molecule has 1 heterocycles. The smallest absolute Gasteiger partial charge is 0.345 e. The Morgan fingerprint density at radius 1 is 1.00 bits per heavy atom. The van der Waals surface area contributed by atoms with Gasteiger partial charge in [-0.15, -0.1) is 0 Å². The van der Waals surface area contributed by atoms with E-state index in [1.165, 1.54) is 6.07 Å². The topological polar surface area (TPSA) is 91.9 Å². The molecule has 7 heteroatoms. The lowest BCUT2D eigenvalue weighted by molar-refractivity contribution is 0.0952. The van der Waals surface area contributed by atoms with Crippen molar-refractivity contribution in [1.82, 2.24) is 5.43 Å². The maximum absolute atomic E-state index is 12.5. The molecule has 0 unspecified atom stereocenters. The number of phenolic OH excluding ortho intramolecular Hbond substituents is 1. The molecule has 0 aliphatic rings. The van der Waals surface area contributed by atoms with Gasteiger partial charge in [0.2, 0.25) is 0 Å². The average molecular weight is 407 g/mol. The summed E-state index contributed by atoms with van der Waals surface area (Å²) in [4.78, 5) is 24.7. The molecule has 1 aromatic heterocycles. The first-order valence-electron chi connectivity index (χ1n) is 8.72. The largest absolute Gasteiger partial charge is 0.507 e. The Labute approximate surface area is 170 Å². The van der Waals surface area contributed by atoms with Gasteiger partial charge in [-0.2, -0.15) is 5.10 Å². The summed E-state index contributed by atoms with van der Waals surface area (Å²) in [6.07, 6.45) is 0. The van der Waals surface area contributed by atoms with E-state index in [9.17, 15) is 14.7 Å². The highest BCUT2D eigenvalue weighted by molar-refractivity contribution is 6.31. The van der Waals surface area contributed by atoms with Crippen molar-refractivity contribution in [3.05, 3.63) is 87.2 Å². The number of hydrogen-bond acceptors (Lipinski definition) is 5. The molecule has 0 bridgehead atoms. The summed E-state index contributed by atoms with van der Waals surface area (Å²) in [5.74, 6) is -0.755. The van der Waals surface area contributed by atoms with Crippen LogP contribution in [0.1, 0.15) is 22.8 Å². The molecule has 1 amide bonds. The summed E-state index contributed by atoms with van der Waals surface area (Å²) in [5, 5.41) is 16.9. The van der Waals surface area contributed by atoms with E-state index in [2.05, 4.69) is 10.5 Å². The number of benzene rings is 3. The molecule has 4 rings (SSSR count). The third-order valence-electron chi connectivity index (χ3n) is 4.52. The fourth-order valence-electron chi connectivity index (χ4n) is 3.01. The van der Waals surface area contributed by atoms with Crippen LogP contribution in [0.25, 0.3) is 21.7 Å². The monoisotopic (exact) mass is 406 g/mol. The Hall–Kier alpha value is -3.64. The molecule has 0 fully saturated rings. The van der Waals surface area contributed by atoms with Gasteiger partial charge in [0.1, 0.15) is 11.3 Å². The van der Waals surface area contributed by atoms with Crippen molar-refractivity contribution in [2.24, 2.45) is 5.10 Å². The van der Waals surface area contributed by atoms with Crippen LogP contribution in [0.2, 0.25) is 5.02 Å². The van der Waals surface area contributed by atoms with Crippen molar-refractivity contribution in [2.75, 3.05) is 0 Å². The van der Waals surface area contributed by atoms with Crippen LogP contribution < -0.4 is 11.1 Å². The second kappa shape index (κ2) is 7.41. The summed E-state index contributed by atoms with van der Waals surface area (Å²) in [7, 11) is 0. The first kappa shape index (κ1) is 18.7. The SMILES string of the molecule is CC(=NNC(=O)c1cc2ccccc2cc1O)c1cc2cc(Cl)ccc2oc1=O. The number of amides is 1. The first-order chi connectivity index (χ1) is 13.9. The lowest BCUT2D eigenvalue weighted by Gasteiger charge is -2.07. The van der Waals surface area contributed by atoms with Crippen LogP contribution in [-0.2, 0) is 0 Å². The van der Waals surface area contributed by atoms with Crippen molar-refractivity contribution in [3.63, 3.8) is 0 Å². The van der Waals surface area contributed by atoms with Gasteiger partial charge in [-0.1, -0.05) is 35.9 Å². The van der Waals surface area contributed by atoms with E-state index in [1.807, 2.05) is 24.3 Å². The number of carbonyl (C=O) groups is 1. The van der Waals surface area contributed by atoms with E-state index in [-0.39, 0.29) is 22.6 Å². The Morgan fingerprint density at radius 2 is 1.69 bits per heavy atom. The molecule has 0 saturated heterocycles. The molecule has 29 heavy (non-hydrogen) atoms. The summed E-state index contributed by atoms with van der Waals surface area (Å²) in [6, 6.07) is 17.0. The maximum atomic E-state index is 12.5. The van der Waals surface area contributed by atoms with Crippen molar-refractivity contribution in [3.8, 4) is 5.75 Å². The van der Waals surface area contributed by atoms with E-state index in [1.54, 1.807) is 37.3 Å². The minimum atomic E-state index is -0.596. The minimum Gasteiger partial charge on any atom is -0.507 e. The van der Waals surface area contributed by atoms with Crippen LogP contribution in [0.3, 0.4) is 0 Å². The van der Waals surface area contributed by atoms with Gasteiger partial charge in [0.15, 0.2) is 0 Å². The molecule has 6 nitrogen and oxygen atoms in total. The van der Waals surface area contributed by atoms with Crippen LogP contribution in [0.15, 0.2) is 75.0 Å². The fraction of sp³-hybridized carbons (Fsp3) is 0.0455. The highest BCUT2D eigenvalue weighted by Crippen LogP contribution is 2.25. The second-order valence-corrected chi connectivity index (χ2v) is 6.92. The Morgan fingerprint density at radius 3 is 2.45 bits per heavy atom. The minimum absolute atomic E-state index is 0.0811. The van der Waals surface area contributed by atoms with Gasteiger partial charge >= 0.3 is 5.63 Å². The quantitative estimate of drug-likeness (QED) is 0.298. The van der Waals surface area contributed by atoms with E-state index in [0.29, 0.717) is 16.0 Å². The molecule has 3 aromatic carbocycles. The molecular formula is C22H15ClN2O4. The molecule has 2 N–H and O–H groups in total. The van der Waals surface area contributed by atoms with E-state index in [4.69, 9.17) is 16.0 Å². The summed E-state index contributed by atoms with van der Waals surface area (Å²) in [5.41, 5.74) is 2.73. The highest BCUT2D eigenvalue weighted by Gasteiger charge is 2.13. The van der Waals surface area contributed by atoms with Crippen LogP contribution in [0.4, 0.5) is 0 Å². The summed E-state index contributed by atoms with van der Waals surface area (Å²) >= 11 is 5.99. The third kappa shape index (κ3) is 3.70. The van der Waals surface area contributed by atoms with Gasteiger partial charge < -0.3 is 9.52 Å². The lowest BCUT2D eigenvalue weighted by Crippen LogP contribution is -2.21. The van der Waals surface area contributed by atoms with Crippen LogP contribution >= 0.6 is 11.6 Å². The number of nitrogens with one attached hydrogen (secondary N) is 1. The molecule has 0 aliphatic heterocycles. The van der Waals surface area contributed by atoms with Crippen LogP contribution in [0.5, 0.6) is 5.75 Å². The number of aromatic hydroxyl groups is 1. The Kier molecular flexibility index (Phi) is 4.78. The zero-order chi connectivity index (χ0) is 20.5. The molecule has 0 spiro atoms. The molecule has 0 radical (unpaired) electrons. The lowest BCUT2D eigenvalue weighted by atomic mass is 10.1. The van der Waals surface area contributed by atoms with Crippen LogP contribution in [0, 0.1) is 0 Å². The van der Waals surface area contributed by atoms with E-state index in [0.717, 1.165) is 10.8 Å². The zero-order valence-corrected chi connectivity index (χ0v) is 16.0. The molecule has 0 saturated carbocycles. The third-order valence-corrected chi connectivity index (χ3v) is 4.75. The van der Waals surface area contributed by atoms with Gasteiger partial charge in [0, 0.05) is 10.4 Å². The van der Waals surface area contributed by atoms with Crippen LogP contribution in [-0.4, -0.2) is 16.7 Å². The fourth-order valence-corrected chi connectivity index (χ4v) is 3.19. The second-order valence-electron chi connectivity index (χ2n) is 6.48. The number of fused-ring (bicyclic) bond motifs is 2. The van der Waals surface area contributed by atoms with Gasteiger partial charge in [-0.3, -0.25) is 4.79 Å². The number of rotatable bonds is 3. The van der Waals surface area contributed by atoms with Gasteiger partial charge in [-0.05, 0) is 54.1 Å². The molecule has 0 aliphatic carbocycles. The summed E-state index contributed by atoms with van der Waals surface area (Å²) < 4.78 is 5.28. The maximum Gasteiger partial charge on any atom is 0.345 e. The van der Waals surface area contributed by atoms with Crippen molar-refractivity contribution >= 4 is 45.0 Å².